The van der Waals surface area contributed by atoms with Crippen LogP contribution in [-0.4, -0.2) is 53.2 Å². The first-order valence-electron chi connectivity index (χ1n) is 12.4. The lowest BCUT2D eigenvalue weighted by molar-refractivity contribution is -0.124. The van der Waals surface area contributed by atoms with E-state index in [-0.39, 0.29) is 11.8 Å². The molecule has 3 aromatic carbocycles. The molecule has 0 aliphatic carbocycles. The lowest BCUT2D eigenvalue weighted by Gasteiger charge is -2.27. The van der Waals surface area contributed by atoms with Gasteiger partial charge in [-0.15, -0.1) is 0 Å². The van der Waals surface area contributed by atoms with E-state index in [1.54, 1.807) is 30.2 Å². The van der Waals surface area contributed by atoms with E-state index in [1.807, 2.05) is 61.5 Å². The standard InChI is InChI=1S/C29H28N4O4S/c1-4-25(27(34)31-22-15-14-19(36-2)17-24(22)37-3)38-29-32-21-13-9-8-12-20(21)26-30-23(28(35)33(26)29)16-18-10-6-5-7-11-18/h5-15,17,23,25H,4,16H2,1-3H3,(H,31,34)/t23-,25+/m0/s1. The van der Waals surface area contributed by atoms with E-state index in [4.69, 9.17) is 19.5 Å². The first-order valence-corrected chi connectivity index (χ1v) is 13.2. The highest BCUT2D eigenvalue weighted by atomic mass is 32.2. The van der Waals surface area contributed by atoms with Gasteiger partial charge in [0.05, 0.1) is 30.8 Å². The molecule has 0 unspecified atom stereocenters. The van der Waals surface area contributed by atoms with Gasteiger partial charge in [0, 0.05) is 18.1 Å². The summed E-state index contributed by atoms with van der Waals surface area (Å²) < 4.78 is 10.7. The SMILES string of the molecule is CC[C@@H](SC1=Nc2ccccc2C2=N[C@@H](Cc3ccccc3)C(=O)N12)C(=O)Nc1ccc(OC)cc1OC. The third-order valence-corrected chi connectivity index (χ3v) is 7.71. The lowest BCUT2D eigenvalue weighted by atomic mass is 10.1. The summed E-state index contributed by atoms with van der Waals surface area (Å²) in [5.41, 5.74) is 3.11. The van der Waals surface area contributed by atoms with E-state index in [1.165, 1.54) is 18.9 Å². The van der Waals surface area contributed by atoms with Crippen molar-refractivity contribution in [3.8, 4) is 11.5 Å². The number of aliphatic imine (C=N–C) groups is 2. The van der Waals surface area contributed by atoms with Crippen LogP contribution < -0.4 is 14.8 Å². The van der Waals surface area contributed by atoms with Crippen molar-refractivity contribution >= 4 is 46.0 Å². The molecule has 0 bridgehead atoms. The van der Waals surface area contributed by atoms with Crippen LogP contribution in [0, 0.1) is 0 Å². The van der Waals surface area contributed by atoms with E-state index in [0.717, 1.165) is 16.8 Å². The molecule has 2 atom stereocenters. The summed E-state index contributed by atoms with van der Waals surface area (Å²) in [6, 6.07) is 22.1. The maximum absolute atomic E-state index is 13.6. The number of amides is 2. The van der Waals surface area contributed by atoms with Gasteiger partial charge in [-0.2, -0.15) is 0 Å². The van der Waals surface area contributed by atoms with Crippen LogP contribution in [0.25, 0.3) is 0 Å². The van der Waals surface area contributed by atoms with Crippen LogP contribution in [0.5, 0.6) is 11.5 Å². The van der Waals surface area contributed by atoms with Gasteiger partial charge < -0.3 is 14.8 Å². The summed E-state index contributed by atoms with van der Waals surface area (Å²) in [5, 5.41) is 2.90. The Labute approximate surface area is 225 Å². The predicted molar refractivity (Wildman–Crippen MR) is 151 cm³/mol. The largest absolute Gasteiger partial charge is 0.497 e. The molecule has 0 radical (unpaired) electrons. The fraction of sp³-hybridized carbons (Fsp3) is 0.241. The van der Waals surface area contributed by atoms with Gasteiger partial charge in [-0.25, -0.2) is 9.89 Å². The molecule has 0 spiro atoms. The summed E-state index contributed by atoms with van der Waals surface area (Å²) >= 11 is 1.26. The first kappa shape index (κ1) is 25.5. The molecule has 0 saturated carbocycles. The first-order chi connectivity index (χ1) is 18.5. The fourth-order valence-corrected chi connectivity index (χ4v) is 5.44. The number of methoxy groups -OCH3 is 2. The summed E-state index contributed by atoms with van der Waals surface area (Å²) in [6.07, 6.45) is 1.02. The second-order valence-electron chi connectivity index (χ2n) is 8.81. The van der Waals surface area contributed by atoms with Crippen molar-refractivity contribution in [3.63, 3.8) is 0 Å². The van der Waals surface area contributed by atoms with Gasteiger partial charge in [0.2, 0.25) is 5.91 Å². The minimum atomic E-state index is -0.554. The molecule has 2 aliphatic heterocycles. The number of carbonyl (C=O) groups excluding carboxylic acids is 2. The lowest BCUT2D eigenvalue weighted by Crippen LogP contribution is -2.42. The normalized spacial score (nSPS) is 16.7. The predicted octanol–water partition coefficient (Wildman–Crippen LogP) is 5.06. The minimum absolute atomic E-state index is 0.142. The van der Waals surface area contributed by atoms with Gasteiger partial charge in [-0.3, -0.25) is 14.6 Å². The van der Waals surface area contributed by atoms with Gasteiger partial charge in [0.15, 0.2) is 5.17 Å². The van der Waals surface area contributed by atoms with Crippen molar-refractivity contribution < 1.29 is 19.1 Å². The Hall–Kier alpha value is -4.11. The van der Waals surface area contributed by atoms with Crippen molar-refractivity contribution in [2.24, 2.45) is 9.98 Å². The van der Waals surface area contributed by atoms with Crippen molar-refractivity contribution in [3.05, 3.63) is 83.9 Å². The number of nitrogens with one attached hydrogen (secondary N) is 1. The average Bonchev–Trinajstić information content (AvgIpc) is 3.28. The van der Waals surface area contributed by atoms with Crippen molar-refractivity contribution in [2.45, 2.75) is 31.1 Å². The van der Waals surface area contributed by atoms with Crippen LogP contribution in [0.15, 0.2) is 82.8 Å². The molecule has 8 nitrogen and oxygen atoms in total. The molecule has 194 valence electrons. The quantitative estimate of drug-likeness (QED) is 0.442. The van der Waals surface area contributed by atoms with E-state index < -0.39 is 11.3 Å². The third kappa shape index (κ3) is 5.02. The summed E-state index contributed by atoms with van der Waals surface area (Å²) in [6.45, 7) is 1.93. The summed E-state index contributed by atoms with van der Waals surface area (Å²) in [5.74, 6) is 1.34. The molecular weight excluding hydrogens is 500 g/mol. The number of nitrogens with zero attached hydrogens (tertiary/aromatic N) is 3. The Bertz CT molecular complexity index is 1420. The maximum Gasteiger partial charge on any atom is 0.259 e. The number of thioether (sulfide) groups is 1. The van der Waals surface area contributed by atoms with Gasteiger partial charge in [-0.05, 0) is 36.2 Å². The van der Waals surface area contributed by atoms with Gasteiger partial charge in [-0.1, -0.05) is 61.2 Å². The van der Waals surface area contributed by atoms with Crippen molar-refractivity contribution in [1.29, 1.82) is 0 Å². The molecule has 0 aromatic heterocycles. The molecule has 0 saturated heterocycles. The number of carbonyl (C=O) groups is 2. The summed E-state index contributed by atoms with van der Waals surface area (Å²) in [7, 11) is 3.11. The summed E-state index contributed by atoms with van der Waals surface area (Å²) in [4.78, 5) is 38.2. The number of amidine groups is 2. The number of para-hydroxylation sites is 1. The Kier molecular flexibility index (Phi) is 7.46. The molecule has 38 heavy (non-hydrogen) atoms. The molecular formula is C29H28N4O4S. The van der Waals surface area contributed by atoms with Gasteiger partial charge in [0.25, 0.3) is 5.91 Å². The van der Waals surface area contributed by atoms with Crippen LogP contribution in [-0.2, 0) is 16.0 Å². The van der Waals surface area contributed by atoms with Crippen LogP contribution in [0.2, 0.25) is 0 Å². The maximum atomic E-state index is 13.6. The number of fused-ring (bicyclic) bond motifs is 3. The monoisotopic (exact) mass is 528 g/mol. The smallest absolute Gasteiger partial charge is 0.259 e. The number of hydrogen-bond donors (Lipinski definition) is 1. The zero-order chi connectivity index (χ0) is 26.6. The number of hydrogen-bond acceptors (Lipinski definition) is 7. The Morgan fingerprint density at radius 3 is 2.55 bits per heavy atom. The highest BCUT2D eigenvalue weighted by molar-refractivity contribution is 8.15. The number of benzene rings is 3. The van der Waals surface area contributed by atoms with Crippen LogP contribution in [0.4, 0.5) is 11.4 Å². The average molecular weight is 529 g/mol. The minimum Gasteiger partial charge on any atom is -0.497 e. The highest BCUT2D eigenvalue weighted by Crippen LogP contribution is 2.36. The van der Waals surface area contributed by atoms with Crippen LogP contribution in [0.3, 0.4) is 0 Å². The molecule has 2 amide bonds. The van der Waals surface area contributed by atoms with Gasteiger partial charge >= 0.3 is 0 Å². The van der Waals surface area contributed by atoms with Crippen LogP contribution in [0.1, 0.15) is 24.5 Å². The zero-order valence-electron chi connectivity index (χ0n) is 21.4. The Balaban J connectivity index is 1.41. The van der Waals surface area contributed by atoms with E-state index in [2.05, 4.69) is 5.32 Å². The molecule has 0 fully saturated rings. The topological polar surface area (TPSA) is 92.6 Å². The van der Waals surface area contributed by atoms with E-state index >= 15 is 0 Å². The second-order valence-corrected chi connectivity index (χ2v) is 9.98. The molecule has 9 heteroatoms. The van der Waals surface area contributed by atoms with Crippen molar-refractivity contribution in [1.82, 2.24) is 4.90 Å². The number of anilines is 1. The van der Waals surface area contributed by atoms with E-state index in [0.29, 0.717) is 41.0 Å². The Morgan fingerprint density at radius 2 is 1.82 bits per heavy atom. The third-order valence-electron chi connectivity index (χ3n) is 6.40. The molecule has 2 heterocycles. The van der Waals surface area contributed by atoms with Gasteiger partial charge in [0.1, 0.15) is 23.4 Å². The highest BCUT2D eigenvalue weighted by Gasteiger charge is 2.42. The fourth-order valence-electron chi connectivity index (χ4n) is 4.42. The number of ether oxygens (including phenoxy) is 2. The molecule has 5 rings (SSSR count). The Morgan fingerprint density at radius 1 is 1.05 bits per heavy atom. The molecule has 1 N–H and O–H groups in total. The zero-order valence-corrected chi connectivity index (χ0v) is 22.2. The molecule has 3 aromatic rings. The molecule has 2 aliphatic rings. The second kappa shape index (κ2) is 11.1. The van der Waals surface area contributed by atoms with E-state index in [9.17, 15) is 9.59 Å². The van der Waals surface area contributed by atoms with Crippen LogP contribution >= 0.6 is 11.8 Å². The van der Waals surface area contributed by atoms with Crippen molar-refractivity contribution in [2.75, 3.05) is 19.5 Å². The number of rotatable bonds is 8.